The third-order valence-corrected chi connectivity index (χ3v) is 4.46. The minimum Gasteiger partial charge on any atom is -0.310 e. The molecule has 0 spiro atoms. The van der Waals surface area contributed by atoms with E-state index in [1.165, 1.54) is 51.7 Å². The molecule has 1 saturated heterocycles. The Morgan fingerprint density at radius 2 is 1.75 bits per heavy atom. The van der Waals surface area contributed by atoms with Gasteiger partial charge in [-0.1, -0.05) is 0 Å². The molecule has 1 aliphatic heterocycles. The zero-order valence-corrected chi connectivity index (χ0v) is 10.8. The maximum absolute atomic E-state index is 3.68. The van der Waals surface area contributed by atoms with Gasteiger partial charge in [-0.25, -0.2) is 0 Å². The molecule has 0 bridgehead atoms. The lowest BCUT2D eigenvalue weighted by molar-refractivity contribution is 0.135. The number of hydrogen-bond donors (Lipinski definition) is 1. The summed E-state index contributed by atoms with van der Waals surface area (Å²) < 4.78 is 0. The zero-order valence-electron chi connectivity index (χ0n) is 10.8. The van der Waals surface area contributed by atoms with Crippen LogP contribution >= 0.6 is 0 Å². The summed E-state index contributed by atoms with van der Waals surface area (Å²) in [5.74, 6) is 2.11. The molecule has 0 radical (unpaired) electrons. The standard InChI is InChI=1S/C14H26N2/c1-14(2)10-16(9-3-8-15-14)13(11-4-5-11)12-6-7-12/h11-13,15H,3-10H2,1-2H3. The number of hydrogen-bond acceptors (Lipinski definition) is 2. The van der Waals surface area contributed by atoms with E-state index < -0.39 is 0 Å². The Labute approximate surface area is 99.8 Å². The molecular weight excluding hydrogens is 196 g/mol. The van der Waals surface area contributed by atoms with Crippen molar-refractivity contribution in [1.29, 1.82) is 0 Å². The molecule has 3 rings (SSSR count). The first-order valence-electron chi connectivity index (χ1n) is 7.15. The third-order valence-electron chi connectivity index (χ3n) is 4.46. The molecule has 3 fully saturated rings. The molecule has 3 aliphatic rings. The summed E-state index contributed by atoms with van der Waals surface area (Å²) in [4.78, 5) is 2.83. The van der Waals surface area contributed by atoms with E-state index >= 15 is 0 Å². The molecule has 0 unspecified atom stereocenters. The fourth-order valence-corrected chi connectivity index (χ4v) is 3.46. The second kappa shape index (κ2) is 3.99. The van der Waals surface area contributed by atoms with Crippen LogP contribution < -0.4 is 5.32 Å². The highest BCUT2D eigenvalue weighted by atomic mass is 15.2. The summed E-state index contributed by atoms with van der Waals surface area (Å²) in [6, 6.07) is 0.944. The lowest BCUT2D eigenvalue weighted by atomic mass is 10.0. The summed E-state index contributed by atoms with van der Waals surface area (Å²) in [5, 5.41) is 3.68. The topological polar surface area (TPSA) is 15.3 Å². The molecule has 1 N–H and O–H groups in total. The van der Waals surface area contributed by atoms with Crippen LogP contribution in [0.3, 0.4) is 0 Å². The van der Waals surface area contributed by atoms with Crippen LogP contribution in [-0.2, 0) is 0 Å². The van der Waals surface area contributed by atoms with Gasteiger partial charge in [0.2, 0.25) is 0 Å². The van der Waals surface area contributed by atoms with Crippen molar-refractivity contribution in [3.8, 4) is 0 Å². The first-order chi connectivity index (χ1) is 7.66. The molecule has 2 heteroatoms. The van der Waals surface area contributed by atoms with Gasteiger partial charge in [0, 0.05) is 18.1 Å². The van der Waals surface area contributed by atoms with Gasteiger partial charge in [-0.3, -0.25) is 4.90 Å². The van der Waals surface area contributed by atoms with Crippen LogP contribution in [0.1, 0.15) is 46.0 Å². The Morgan fingerprint density at radius 1 is 1.12 bits per heavy atom. The SMILES string of the molecule is CC1(C)CN(C(C2CC2)C2CC2)CCCN1. The molecule has 1 heterocycles. The van der Waals surface area contributed by atoms with Crippen molar-refractivity contribution in [2.24, 2.45) is 11.8 Å². The molecule has 0 aromatic carbocycles. The first kappa shape index (κ1) is 11.0. The predicted molar refractivity (Wildman–Crippen MR) is 67.5 cm³/mol. The van der Waals surface area contributed by atoms with Gasteiger partial charge in [0.05, 0.1) is 0 Å². The number of rotatable bonds is 3. The lowest BCUT2D eigenvalue weighted by Gasteiger charge is -2.36. The van der Waals surface area contributed by atoms with Gasteiger partial charge in [0.15, 0.2) is 0 Å². The first-order valence-corrected chi connectivity index (χ1v) is 7.15. The third kappa shape index (κ3) is 2.43. The minimum absolute atomic E-state index is 0.318. The lowest BCUT2D eigenvalue weighted by Crippen LogP contribution is -2.50. The van der Waals surface area contributed by atoms with Crippen LogP contribution in [-0.4, -0.2) is 36.1 Å². The van der Waals surface area contributed by atoms with E-state index in [0.29, 0.717) is 5.54 Å². The average molecular weight is 222 g/mol. The monoisotopic (exact) mass is 222 g/mol. The maximum Gasteiger partial charge on any atom is 0.0252 e. The van der Waals surface area contributed by atoms with Crippen molar-refractivity contribution >= 4 is 0 Å². The van der Waals surface area contributed by atoms with E-state index in [9.17, 15) is 0 Å². The molecule has 2 aliphatic carbocycles. The van der Waals surface area contributed by atoms with Crippen LogP contribution in [0, 0.1) is 11.8 Å². The van der Waals surface area contributed by atoms with E-state index in [1.54, 1.807) is 0 Å². The van der Waals surface area contributed by atoms with Crippen molar-refractivity contribution in [3.05, 3.63) is 0 Å². The smallest absolute Gasteiger partial charge is 0.0252 e. The van der Waals surface area contributed by atoms with E-state index in [1.807, 2.05) is 0 Å². The van der Waals surface area contributed by atoms with Crippen molar-refractivity contribution in [1.82, 2.24) is 10.2 Å². The molecule has 2 nitrogen and oxygen atoms in total. The summed E-state index contributed by atoms with van der Waals surface area (Å²) in [6.45, 7) is 8.51. The van der Waals surface area contributed by atoms with Gasteiger partial charge in [-0.2, -0.15) is 0 Å². The van der Waals surface area contributed by atoms with Crippen LogP contribution in [0.15, 0.2) is 0 Å². The van der Waals surface area contributed by atoms with Crippen LogP contribution in [0.4, 0.5) is 0 Å². The average Bonchev–Trinajstić information content (AvgIpc) is 3.00. The zero-order chi connectivity index (χ0) is 11.2. The van der Waals surface area contributed by atoms with E-state index in [-0.39, 0.29) is 0 Å². The molecule has 0 aromatic rings. The number of nitrogens with zero attached hydrogens (tertiary/aromatic N) is 1. The molecule has 0 amide bonds. The molecular formula is C14H26N2. The van der Waals surface area contributed by atoms with Gasteiger partial charge in [0.1, 0.15) is 0 Å². The predicted octanol–water partition coefficient (Wildman–Crippen LogP) is 2.25. The Hall–Kier alpha value is -0.0800. The largest absolute Gasteiger partial charge is 0.310 e. The molecule has 0 atom stereocenters. The highest BCUT2D eigenvalue weighted by molar-refractivity contribution is 5.00. The molecule has 2 saturated carbocycles. The van der Waals surface area contributed by atoms with Crippen molar-refractivity contribution < 1.29 is 0 Å². The van der Waals surface area contributed by atoms with Crippen LogP contribution in [0.2, 0.25) is 0 Å². The summed E-state index contributed by atoms with van der Waals surface area (Å²) in [7, 11) is 0. The van der Waals surface area contributed by atoms with Crippen molar-refractivity contribution in [2.45, 2.75) is 57.5 Å². The van der Waals surface area contributed by atoms with Gasteiger partial charge in [0.25, 0.3) is 0 Å². The van der Waals surface area contributed by atoms with Crippen LogP contribution in [0.5, 0.6) is 0 Å². The molecule has 92 valence electrons. The Kier molecular flexibility index (Phi) is 2.75. The van der Waals surface area contributed by atoms with E-state index in [4.69, 9.17) is 0 Å². The highest BCUT2D eigenvalue weighted by Crippen LogP contribution is 2.47. The Balaban J connectivity index is 1.70. The maximum atomic E-state index is 3.68. The summed E-state index contributed by atoms with van der Waals surface area (Å²) >= 11 is 0. The fourth-order valence-electron chi connectivity index (χ4n) is 3.46. The van der Waals surface area contributed by atoms with E-state index in [0.717, 1.165) is 17.9 Å². The van der Waals surface area contributed by atoms with E-state index in [2.05, 4.69) is 24.1 Å². The van der Waals surface area contributed by atoms with Gasteiger partial charge < -0.3 is 5.32 Å². The number of nitrogens with one attached hydrogen (secondary N) is 1. The fraction of sp³-hybridized carbons (Fsp3) is 1.00. The highest BCUT2D eigenvalue weighted by Gasteiger charge is 2.45. The normalized spacial score (nSPS) is 31.7. The molecule has 0 aromatic heterocycles. The second-order valence-corrected chi connectivity index (χ2v) is 6.80. The van der Waals surface area contributed by atoms with Gasteiger partial charge in [-0.15, -0.1) is 0 Å². The quantitative estimate of drug-likeness (QED) is 0.788. The summed E-state index contributed by atoms with van der Waals surface area (Å²) in [5.41, 5.74) is 0.318. The molecule has 16 heavy (non-hydrogen) atoms. The Morgan fingerprint density at radius 3 is 2.31 bits per heavy atom. The van der Waals surface area contributed by atoms with Gasteiger partial charge >= 0.3 is 0 Å². The van der Waals surface area contributed by atoms with Gasteiger partial charge in [-0.05, 0) is 70.9 Å². The Bertz CT molecular complexity index is 241. The minimum atomic E-state index is 0.318. The van der Waals surface area contributed by atoms with Crippen molar-refractivity contribution in [3.63, 3.8) is 0 Å². The van der Waals surface area contributed by atoms with Crippen molar-refractivity contribution in [2.75, 3.05) is 19.6 Å². The second-order valence-electron chi connectivity index (χ2n) is 6.80. The summed E-state index contributed by atoms with van der Waals surface area (Å²) in [6.07, 6.45) is 7.35. The van der Waals surface area contributed by atoms with Crippen LogP contribution in [0.25, 0.3) is 0 Å².